The summed E-state index contributed by atoms with van der Waals surface area (Å²) in [6.07, 6.45) is 2.46. The lowest BCUT2D eigenvalue weighted by atomic mass is 10.2. The molecule has 1 atom stereocenters. The van der Waals surface area contributed by atoms with Crippen molar-refractivity contribution in [2.45, 2.75) is 25.8 Å². The van der Waals surface area contributed by atoms with Crippen LogP contribution < -0.4 is 5.32 Å². The van der Waals surface area contributed by atoms with Gasteiger partial charge in [-0.2, -0.15) is 0 Å². The van der Waals surface area contributed by atoms with Gasteiger partial charge in [0.25, 0.3) is 0 Å². The van der Waals surface area contributed by atoms with Gasteiger partial charge < -0.3 is 10.2 Å². The molecule has 1 saturated carbocycles. The first kappa shape index (κ1) is 12.2. The van der Waals surface area contributed by atoms with Crippen LogP contribution in [-0.4, -0.2) is 24.0 Å². The highest BCUT2D eigenvalue weighted by molar-refractivity contribution is 6.30. The van der Waals surface area contributed by atoms with Gasteiger partial charge in [0.2, 0.25) is 0 Å². The van der Waals surface area contributed by atoms with Crippen LogP contribution in [0.4, 0.5) is 10.5 Å². The summed E-state index contributed by atoms with van der Waals surface area (Å²) in [5.74, 6) is 0.671. The van der Waals surface area contributed by atoms with E-state index in [1.54, 1.807) is 17.0 Å². The van der Waals surface area contributed by atoms with Crippen LogP contribution in [0.25, 0.3) is 0 Å². The number of anilines is 1. The van der Waals surface area contributed by atoms with E-state index < -0.39 is 0 Å². The summed E-state index contributed by atoms with van der Waals surface area (Å²) in [5.41, 5.74) is 0.734. The van der Waals surface area contributed by atoms with E-state index in [0.29, 0.717) is 17.0 Å². The summed E-state index contributed by atoms with van der Waals surface area (Å²) in [6, 6.07) is 7.41. The number of benzene rings is 1. The van der Waals surface area contributed by atoms with Crippen LogP contribution in [0, 0.1) is 5.92 Å². The van der Waals surface area contributed by atoms with Gasteiger partial charge in [-0.15, -0.1) is 0 Å². The second-order valence-electron chi connectivity index (χ2n) is 4.63. The first-order chi connectivity index (χ1) is 8.08. The zero-order valence-electron chi connectivity index (χ0n) is 10.1. The largest absolute Gasteiger partial charge is 0.325 e. The van der Waals surface area contributed by atoms with Gasteiger partial charge in [-0.25, -0.2) is 4.79 Å². The molecule has 0 aliphatic heterocycles. The van der Waals surface area contributed by atoms with Crippen molar-refractivity contribution >= 4 is 23.3 Å². The molecule has 2 rings (SSSR count). The highest BCUT2D eigenvalue weighted by Gasteiger charge is 2.32. The molecular weight excluding hydrogens is 236 g/mol. The number of carbonyl (C=O) groups excluding carboxylic acids is 1. The number of amides is 2. The van der Waals surface area contributed by atoms with E-state index in [0.717, 1.165) is 5.69 Å². The Kier molecular flexibility index (Phi) is 3.57. The Balaban J connectivity index is 1.96. The molecule has 0 spiro atoms. The minimum absolute atomic E-state index is 0.0772. The van der Waals surface area contributed by atoms with E-state index in [1.165, 1.54) is 12.8 Å². The summed E-state index contributed by atoms with van der Waals surface area (Å²) < 4.78 is 0. The van der Waals surface area contributed by atoms with Crippen molar-refractivity contribution in [2.24, 2.45) is 5.92 Å². The maximum Gasteiger partial charge on any atom is 0.321 e. The van der Waals surface area contributed by atoms with E-state index >= 15 is 0 Å². The number of hydrogen-bond donors (Lipinski definition) is 1. The van der Waals surface area contributed by atoms with Crippen LogP contribution in [0.1, 0.15) is 19.8 Å². The number of halogens is 1. The molecular formula is C13H17ClN2O. The Bertz CT molecular complexity index is 418. The molecule has 0 radical (unpaired) electrons. The summed E-state index contributed by atoms with van der Waals surface area (Å²) >= 11 is 5.87. The lowest BCUT2D eigenvalue weighted by Gasteiger charge is -2.25. The van der Waals surface area contributed by atoms with Gasteiger partial charge in [0.1, 0.15) is 0 Å². The molecule has 17 heavy (non-hydrogen) atoms. The summed E-state index contributed by atoms with van der Waals surface area (Å²) in [7, 11) is 1.84. The van der Waals surface area contributed by atoms with Crippen LogP contribution in [0.3, 0.4) is 0 Å². The number of hydrogen-bond acceptors (Lipinski definition) is 1. The molecule has 1 fully saturated rings. The van der Waals surface area contributed by atoms with Crippen molar-refractivity contribution in [1.29, 1.82) is 0 Å². The molecule has 0 bridgehead atoms. The fraction of sp³-hybridized carbons (Fsp3) is 0.462. The lowest BCUT2D eigenvalue weighted by Crippen LogP contribution is -2.39. The number of rotatable bonds is 3. The Labute approximate surface area is 107 Å². The number of nitrogens with one attached hydrogen (secondary N) is 1. The fourth-order valence-electron chi connectivity index (χ4n) is 1.86. The molecule has 1 N–H and O–H groups in total. The van der Waals surface area contributed by atoms with Gasteiger partial charge in [0.15, 0.2) is 0 Å². The number of urea groups is 1. The summed E-state index contributed by atoms with van der Waals surface area (Å²) in [6.45, 7) is 2.09. The molecule has 1 aliphatic rings. The van der Waals surface area contributed by atoms with Crippen molar-refractivity contribution in [2.75, 3.05) is 12.4 Å². The predicted molar refractivity (Wildman–Crippen MR) is 70.4 cm³/mol. The van der Waals surface area contributed by atoms with Crippen molar-refractivity contribution < 1.29 is 4.79 Å². The Morgan fingerprint density at radius 2 is 2.24 bits per heavy atom. The van der Waals surface area contributed by atoms with Crippen LogP contribution in [0.15, 0.2) is 24.3 Å². The Hall–Kier alpha value is -1.22. The van der Waals surface area contributed by atoms with E-state index in [-0.39, 0.29) is 6.03 Å². The summed E-state index contributed by atoms with van der Waals surface area (Å²) in [4.78, 5) is 13.7. The van der Waals surface area contributed by atoms with Crippen molar-refractivity contribution in [3.8, 4) is 0 Å². The minimum atomic E-state index is -0.0772. The first-order valence-electron chi connectivity index (χ1n) is 5.87. The molecule has 2 amide bonds. The van der Waals surface area contributed by atoms with E-state index in [2.05, 4.69) is 12.2 Å². The van der Waals surface area contributed by atoms with Gasteiger partial charge in [0, 0.05) is 23.8 Å². The normalized spacial score (nSPS) is 16.4. The van der Waals surface area contributed by atoms with Gasteiger partial charge in [-0.3, -0.25) is 0 Å². The molecule has 92 valence electrons. The quantitative estimate of drug-likeness (QED) is 0.876. The SMILES string of the molecule is CC(C1CC1)N(C)C(=O)Nc1cccc(Cl)c1. The molecule has 0 heterocycles. The molecule has 1 aromatic rings. The fourth-order valence-corrected chi connectivity index (χ4v) is 2.05. The van der Waals surface area contributed by atoms with Crippen LogP contribution >= 0.6 is 11.6 Å². The van der Waals surface area contributed by atoms with Crippen LogP contribution in [-0.2, 0) is 0 Å². The topological polar surface area (TPSA) is 32.3 Å². The third-order valence-corrected chi connectivity index (χ3v) is 3.55. The minimum Gasteiger partial charge on any atom is -0.325 e. The molecule has 0 saturated heterocycles. The predicted octanol–water partition coefficient (Wildman–Crippen LogP) is 3.60. The third kappa shape index (κ3) is 3.13. The van der Waals surface area contributed by atoms with Gasteiger partial charge in [0.05, 0.1) is 0 Å². The lowest BCUT2D eigenvalue weighted by molar-refractivity contribution is 0.201. The summed E-state index contributed by atoms with van der Waals surface area (Å²) in [5, 5.41) is 3.47. The van der Waals surface area contributed by atoms with E-state index in [1.807, 2.05) is 19.2 Å². The second kappa shape index (κ2) is 4.96. The zero-order valence-corrected chi connectivity index (χ0v) is 10.9. The average Bonchev–Trinajstić information content (AvgIpc) is 3.11. The van der Waals surface area contributed by atoms with Gasteiger partial charge >= 0.3 is 6.03 Å². The molecule has 1 aliphatic carbocycles. The van der Waals surface area contributed by atoms with E-state index in [4.69, 9.17) is 11.6 Å². The Morgan fingerprint density at radius 1 is 1.53 bits per heavy atom. The van der Waals surface area contributed by atoms with Crippen molar-refractivity contribution in [1.82, 2.24) is 4.90 Å². The molecule has 0 aromatic heterocycles. The number of nitrogens with zero attached hydrogens (tertiary/aromatic N) is 1. The second-order valence-corrected chi connectivity index (χ2v) is 5.07. The van der Waals surface area contributed by atoms with Crippen LogP contribution in [0.5, 0.6) is 0 Å². The molecule has 4 heteroatoms. The number of carbonyl (C=O) groups is 1. The smallest absolute Gasteiger partial charge is 0.321 e. The Morgan fingerprint density at radius 3 is 2.82 bits per heavy atom. The maximum absolute atomic E-state index is 12.0. The van der Waals surface area contributed by atoms with Crippen molar-refractivity contribution in [3.63, 3.8) is 0 Å². The monoisotopic (exact) mass is 252 g/mol. The third-order valence-electron chi connectivity index (χ3n) is 3.31. The maximum atomic E-state index is 12.0. The van der Waals surface area contributed by atoms with E-state index in [9.17, 15) is 4.79 Å². The molecule has 3 nitrogen and oxygen atoms in total. The average molecular weight is 253 g/mol. The van der Waals surface area contributed by atoms with Crippen molar-refractivity contribution in [3.05, 3.63) is 29.3 Å². The first-order valence-corrected chi connectivity index (χ1v) is 6.25. The molecule has 1 unspecified atom stereocenters. The molecule has 1 aromatic carbocycles. The highest BCUT2D eigenvalue weighted by atomic mass is 35.5. The van der Waals surface area contributed by atoms with Gasteiger partial charge in [-0.1, -0.05) is 17.7 Å². The standard InChI is InChI=1S/C13H17ClN2O/c1-9(10-6-7-10)16(2)13(17)15-12-5-3-4-11(14)8-12/h3-5,8-10H,6-7H2,1-2H3,(H,15,17). The zero-order chi connectivity index (χ0) is 12.4. The van der Waals surface area contributed by atoms with Gasteiger partial charge in [-0.05, 0) is 43.9 Å². The van der Waals surface area contributed by atoms with Crippen LogP contribution in [0.2, 0.25) is 5.02 Å². The highest BCUT2D eigenvalue weighted by Crippen LogP contribution is 2.34.